The highest BCUT2D eigenvalue weighted by Gasteiger charge is 2.44. The summed E-state index contributed by atoms with van der Waals surface area (Å²) < 4.78 is 53.4. The van der Waals surface area contributed by atoms with Gasteiger partial charge in [0.25, 0.3) is 0 Å². The lowest BCUT2D eigenvalue weighted by atomic mass is 10.1. The zero-order chi connectivity index (χ0) is 13.1. The topological polar surface area (TPSA) is 61.3 Å². The first kappa shape index (κ1) is 16.9. The van der Waals surface area contributed by atoms with E-state index in [0.717, 1.165) is 6.07 Å². The van der Waals surface area contributed by atoms with Crippen molar-refractivity contribution in [3.05, 3.63) is 29.8 Å². The molecule has 0 aromatic heterocycles. The van der Waals surface area contributed by atoms with E-state index >= 15 is 0 Å². The summed E-state index contributed by atoms with van der Waals surface area (Å²) in [6, 6.07) is 4.69. The number of hydrogen-bond acceptors (Lipinski definition) is 3. The van der Waals surface area contributed by atoms with Crippen LogP contribution in [-0.2, 0) is 0 Å². The van der Waals surface area contributed by atoms with Crippen LogP contribution in [0, 0.1) is 0 Å². The fraction of sp³-hybridized carbons (Fsp3) is 0.400. The predicted octanol–water partition coefficient (Wildman–Crippen LogP) is 2.30. The summed E-state index contributed by atoms with van der Waals surface area (Å²) in [5, 5.41) is 0. The molecule has 1 rings (SSSR count). The first-order chi connectivity index (χ1) is 7.88. The first-order valence-electron chi connectivity index (χ1n) is 4.78. The maximum Gasteiger partial charge on any atom is 0.461 e. The minimum atomic E-state index is -4.55. The zero-order valence-corrected chi connectivity index (χ0v) is 9.97. The van der Waals surface area contributed by atoms with Gasteiger partial charge in [-0.15, -0.1) is 12.4 Å². The van der Waals surface area contributed by atoms with Crippen molar-refractivity contribution in [2.24, 2.45) is 11.5 Å². The van der Waals surface area contributed by atoms with Crippen molar-refractivity contribution in [2.45, 2.75) is 18.6 Å². The van der Waals surface area contributed by atoms with Gasteiger partial charge in [-0.05, 0) is 6.07 Å². The minimum absolute atomic E-state index is 0. The number of rotatable bonds is 5. The highest BCUT2D eigenvalue weighted by molar-refractivity contribution is 5.85. The number of hydrogen-bond donors (Lipinski definition) is 2. The molecule has 0 bridgehead atoms. The molecule has 0 saturated carbocycles. The molecular weight excluding hydrogens is 276 g/mol. The van der Waals surface area contributed by atoms with Gasteiger partial charge in [0.05, 0.1) is 0 Å². The summed E-state index contributed by atoms with van der Waals surface area (Å²) in [4.78, 5) is 0. The largest absolute Gasteiger partial charge is 0.461 e. The van der Waals surface area contributed by atoms with Crippen molar-refractivity contribution in [2.75, 3.05) is 6.54 Å². The minimum Gasteiger partial charge on any atom is -0.428 e. The van der Waals surface area contributed by atoms with Crippen molar-refractivity contribution >= 4 is 12.4 Å². The molecule has 0 aliphatic heterocycles. The molecule has 8 heteroatoms. The van der Waals surface area contributed by atoms with E-state index in [2.05, 4.69) is 4.74 Å². The first-order valence-corrected chi connectivity index (χ1v) is 4.78. The number of alkyl halides is 4. The summed E-state index contributed by atoms with van der Waals surface area (Å²) >= 11 is 0. The quantitative estimate of drug-likeness (QED) is 0.817. The maximum absolute atomic E-state index is 12.7. The van der Waals surface area contributed by atoms with Gasteiger partial charge in [0.15, 0.2) is 0 Å². The van der Waals surface area contributed by atoms with Crippen LogP contribution in [0.15, 0.2) is 24.3 Å². The second-order valence-electron chi connectivity index (χ2n) is 3.34. The molecule has 0 spiro atoms. The van der Waals surface area contributed by atoms with Gasteiger partial charge in [0, 0.05) is 18.2 Å². The number of nitrogens with two attached hydrogens (primary N) is 2. The molecule has 0 aliphatic rings. The number of ether oxygens (including phenoxy) is 1. The Morgan fingerprint density at radius 2 is 1.78 bits per heavy atom. The average molecular weight is 289 g/mol. The lowest BCUT2D eigenvalue weighted by Crippen LogP contribution is -2.34. The van der Waals surface area contributed by atoms with Gasteiger partial charge >= 0.3 is 12.5 Å². The van der Waals surface area contributed by atoms with Crippen LogP contribution in [0.3, 0.4) is 0 Å². The van der Waals surface area contributed by atoms with Gasteiger partial charge in [0.2, 0.25) is 0 Å². The van der Waals surface area contributed by atoms with Gasteiger partial charge in [-0.3, -0.25) is 0 Å². The Bertz CT molecular complexity index is 379. The maximum atomic E-state index is 12.7. The smallest absolute Gasteiger partial charge is 0.428 e. The van der Waals surface area contributed by atoms with Crippen LogP contribution >= 0.6 is 12.4 Å². The van der Waals surface area contributed by atoms with Gasteiger partial charge in [-0.1, -0.05) is 18.2 Å². The van der Waals surface area contributed by atoms with E-state index in [4.69, 9.17) is 11.5 Å². The van der Waals surface area contributed by atoms with E-state index in [1.165, 1.54) is 18.2 Å². The van der Waals surface area contributed by atoms with Crippen LogP contribution < -0.4 is 16.2 Å². The molecular formula is C10H13ClF4N2O. The molecule has 0 saturated heterocycles. The molecule has 0 fully saturated rings. The molecule has 4 N–H and O–H groups in total. The highest BCUT2D eigenvalue weighted by Crippen LogP contribution is 2.31. The van der Waals surface area contributed by atoms with Gasteiger partial charge in [-0.25, -0.2) is 0 Å². The van der Waals surface area contributed by atoms with Crippen LogP contribution in [0.5, 0.6) is 5.75 Å². The molecule has 0 heterocycles. The number of para-hydroxylation sites is 1. The van der Waals surface area contributed by atoms with Crippen LogP contribution in [-0.4, -0.2) is 19.1 Å². The van der Waals surface area contributed by atoms with Crippen molar-refractivity contribution in [3.8, 4) is 5.75 Å². The fourth-order valence-electron chi connectivity index (χ4n) is 1.20. The molecule has 0 aliphatic carbocycles. The molecule has 0 unspecified atom stereocenters. The van der Waals surface area contributed by atoms with Crippen molar-refractivity contribution in [1.29, 1.82) is 0 Å². The van der Waals surface area contributed by atoms with Crippen LogP contribution in [0.4, 0.5) is 17.6 Å². The molecule has 1 atom stereocenters. The third kappa shape index (κ3) is 4.01. The van der Waals surface area contributed by atoms with Crippen molar-refractivity contribution in [3.63, 3.8) is 0 Å². The third-order valence-corrected chi connectivity index (χ3v) is 2.07. The molecule has 18 heavy (non-hydrogen) atoms. The van der Waals surface area contributed by atoms with E-state index < -0.39 is 24.3 Å². The summed E-state index contributed by atoms with van der Waals surface area (Å²) in [6.45, 7) is -0.0133. The molecule has 3 nitrogen and oxygen atoms in total. The predicted molar refractivity (Wildman–Crippen MR) is 61.3 cm³/mol. The number of benzene rings is 1. The Morgan fingerprint density at radius 3 is 2.28 bits per heavy atom. The van der Waals surface area contributed by atoms with Gasteiger partial charge in [0.1, 0.15) is 5.75 Å². The van der Waals surface area contributed by atoms with E-state index in [0.29, 0.717) is 0 Å². The molecule has 104 valence electrons. The van der Waals surface area contributed by atoms with Crippen molar-refractivity contribution in [1.82, 2.24) is 0 Å². The molecule has 1 aromatic rings. The van der Waals surface area contributed by atoms with Crippen LogP contribution in [0.1, 0.15) is 11.6 Å². The van der Waals surface area contributed by atoms with Gasteiger partial charge in [-0.2, -0.15) is 17.6 Å². The molecule has 1 aromatic carbocycles. The number of halogens is 5. The Balaban J connectivity index is 0.00000289. The van der Waals surface area contributed by atoms with Crippen LogP contribution in [0.2, 0.25) is 0 Å². The third-order valence-electron chi connectivity index (χ3n) is 2.07. The lowest BCUT2D eigenvalue weighted by molar-refractivity contribution is -0.253. The summed E-state index contributed by atoms with van der Waals surface area (Å²) in [6.07, 6.45) is -8.46. The Labute approximate surface area is 107 Å². The summed E-state index contributed by atoms with van der Waals surface area (Å²) in [5.74, 6) is -0.393. The van der Waals surface area contributed by atoms with E-state index in [1.807, 2.05) is 0 Å². The second-order valence-corrected chi connectivity index (χ2v) is 3.34. The van der Waals surface area contributed by atoms with Crippen LogP contribution in [0.25, 0.3) is 0 Å². The Kier molecular flexibility index (Phi) is 6.37. The second kappa shape index (κ2) is 6.77. The van der Waals surface area contributed by atoms with E-state index in [-0.39, 0.29) is 24.5 Å². The lowest BCUT2D eigenvalue weighted by Gasteiger charge is -2.20. The zero-order valence-electron chi connectivity index (χ0n) is 9.15. The van der Waals surface area contributed by atoms with E-state index in [1.54, 1.807) is 0 Å². The standard InChI is InChI=1S/C10H12F4N2O.ClH/c11-9(12)10(13,14)17-8-4-2-1-3-6(8)7(16)5-15;/h1-4,7,9H,5,15-16H2;1H/t7-;/m1./s1. The molecule has 0 amide bonds. The SMILES string of the molecule is Cl.NC[C@@H](N)c1ccccc1OC(F)(F)C(F)F. The fourth-order valence-corrected chi connectivity index (χ4v) is 1.20. The normalized spacial score (nSPS) is 13.1. The van der Waals surface area contributed by atoms with Crippen molar-refractivity contribution < 1.29 is 22.3 Å². The monoisotopic (exact) mass is 288 g/mol. The summed E-state index contributed by atoms with van der Waals surface area (Å²) in [5.41, 5.74) is 11.0. The molecule has 0 radical (unpaired) electrons. The Hall–Kier alpha value is -1.05. The average Bonchev–Trinajstić information content (AvgIpc) is 2.28. The highest BCUT2D eigenvalue weighted by atomic mass is 35.5. The van der Waals surface area contributed by atoms with Gasteiger partial charge < -0.3 is 16.2 Å². The van der Waals surface area contributed by atoms with E-state index in [9.17, 15) is 17.6 Å². The Morgan fingerprint density at radius 1 is 1.22 bits per heavy atom. The summed E-state index contributed by atoms with van der Waals surface area (Å²) in [7, 11) is 0.